The van der Waals surface area contributed by atoms with Crippen LogP contribution in [0.1, 0.15) is 26.4 Å². The Labute approximate surface area is 146 Å². The molecule has 136 valence electrons. The summed E-state index contributed by atoms with van der Waals surface area (Å²) in [6.45, 7) is 0.392. The number of aromatic nitrogens is 1. The maximum Gasteiger partial charge on any atom is 0.274 e. The van der Waals surface area contributed by atoms with Crippen molar-refractivity contribution in [3.05, 3.63) is 63.1 Å². The smallest absolute Gasteiger partial charge is 0.274 e. The summed E-state index contributed by atoms with van der Waals surface area (Å²) in [7, 11) is 1.54. The standard InChI is InChI=1S/C17H15F2N3O4/c1-21-4-5-22-8-11(14(23)15(24)13(22)17(21)26)16(25)20-7-9-2-3-10(18)6-12(9)19/h2-3,6,8,24H,4-5,7H2,1H3,(H,20,25). The molecule has 1 aliphatic rings. The van der Waals surface area contributed by atoms with Crippen LogP contribution in [0.4, 0.5) is 8.78 Å². The Bertz CT molecular complexity index is 971. The van der Waals surface area contributed by atoms with E-state index in [1.807, 2.05) is 0 Å². The Morgan fingerprint density at radius 2 is 2.00 bits per heavy atom. The molecular weight excluding hydrogens is 348 g/mol. The first-order valence-corrected chi connectivity index (χ1v) is 7.73. The van der Waals surface area contributed by atoms with Crippen LogP contribution in [-0.2, 0) is 13.1 Å². The number of carbonyl (C=O) groups excluding carboxylic acids is 2. The van der Waals surface area contributed by atoms with Gasteiger partial charge in [-0.15, -0.1) is 0 Å². The number of hydrogen-bond acceptors (Lipinski definition) is 4. The van der Waals surface area contributed by atoms with E-state index in [4.69, 9.17) is 0 Å². The number of benzene rings is 1. The van der Waals surface area contributed by atoms with E-state index in [9.17, 15) is 28.3 Å². The first-order valence-electron chi connectivity index (χ1n) is 7.73. The van der Waals surface area contributed by atoms with Crippen LogP contribution in [-0.4, -0.2) is 40.0 Å². The summed E-state index contributed by atoms with van der Waals surface area (Å²) in [6, 6.07) is 2.91. The van der Waals surface area contributed by atoms with E-state index in [1.165, 1.54) is 28.8 Å². The fourth-order valence-electron chi connectivity index (χ4n) is 2.69. The maximum absolute atomic E-state index is 13.6. The number of likely N-dealkylation sites (N-methyl/N-ethyl adjacent to an activating group) is 1. The molecule has 0 spiro atoms. The quantitative estimate of drug-likeness (QED) is 0.846. The van der Waals surface area contributed by atoms with Gasteiger partial charge in [0.05, 0.1) is 0 Å². The second-order valence-corrected chi connectivity index (χ2v) is 5.91. The van der Waals surface area contributed by atoms with Crippen LogP contribution in [0.3, 0.4) is 0 Å². The van der Waals surface area contributed by atoms with Crippen molar-refractivity contribution in [2.45, 2.75) is 13.1 Å². The third kappa shape index (κ3) is 3.03. The van der Waals surface area contributed by atoms with Gasteiger partial charge in [0, 0.05) is 44.5 Å². The second-order valence-electron chi connectivity index (χ2n) is 5.91. The Morgan fingerprint density at radius 1 is 1.27 bits per heavy atom. The van der Waals surface area contributed by atoms with Crippen LogP contribution in [0, 0.1) is 11.6 Å². The number of hydrogen-bond donors (Lipinski definition) is 2. The Balaban J connectivity index is 1.87. The number of amides is 2. The van der Waals surface area contributed by atoms with Gasteiger partial charge in [0.2, 0.25) is 5.43 Å². The van der Waals surface area contributed by atoms with Crippen molar-refractivity contribution in [2.75, 3.05) is 13.6 Å². The first kappa shape index (κ1) is 17.6. The van der Waals surface area contributed by atoms with Gasteiger partial charge in [0.25, 0.3) is 11.8 Å². The van der Waals surface area contributed by atoms with Crippen LogP contribution in [0.25, 0.3) is 0 Å². The lowest BCUT2D eigenvalue weighted by molar-refractivity contribution is 0.0740. The normalized spacial score (nSPS) is 13.5. The molecule has 0 unspecified atom stereocenters. The monoisotopic (exact) mass is 363 g/mol. The van der Waals surface area contributed by atoms with Gasteiger partial charge in [-0.25, -0.2) is 8.78 Å². The molecule has 1 aliphatic heterocycles. The van der Waals surface area contributed by atoms with Crippen molar-refractivity contribution >= 4 is 11.8 Å². The fraction of sp³-hybridized carbons (Fsp3) is 0.235. The summed E-state index contributed by atoms with van der Waals surface area (Å²) in [5.41, 5.74) is -1.49. The summed E-state index contributed by atoms with van der Waals surface area (Å²) in [5.74, 6) is -3.74. The predicted octanol–water partition coefficient (Wildman–Crippen LogP) is 0.848. The van der Waals surface area contributed by atoms with E-state index in [1.54, 1.807) is 0 Å². The number of fused-ring (bicyclic) bond motifs is 1. The van der Waals surface area contributed by atoms with E-state index in [-0.39, 0.29) is 23.4 Å². The molecule has 2 amide bonds. The zero-order chi connectivity index (χ0) is 19.0. The molecule has 2 heterocycles. The summed E-state index contributed by atoms with van der Waals surface area (Å²) in [6.07, 6.45) is 1.19. The summed E-state index contributed by atoms with van der Waals surface area (Å²) < 4.78 is 27.8. The molecule has 3 rings (SSSR count). The van der Waals surface area contributed by atoms with Gasteiger partial charge in [0.15, 0.2) is 11.4 Å². The van der Waals surface area contributed by atoms with Crippen molar-refractivity contribution in [3.8, 4) is 5.75 Å². The molecule has 0 fully saturated rings. The summed E-state index contributed by atoms with van der Waals surface area (Å²) in [4.78, 5) is 37.9. The van der Waals surface area contributed by atoms with Gasteiger partial charge in [-0.1, -0.05) is 6.07 Å². The molecule has 1 aromatic heterocycles. The van der Waals surface area contributed by atoms with E-state index >= 15 is 0 Å². The Kier molecular flexibility index (Phi) is 4.45. The van der Waals surface area contributed by atoms with Gasteiger partial charge < -0.3 is 19.9 Å². The molecule has 26 heavy (non-hydrogen) atoms. The van der Waals surface area contributed by atoms with Crippen LogP contribution < -0.4 is 10.7 Å². The van der Waals surface area contributed by atoms with E-state index < -0.39 is 34.6 Å². The zero-order valence-electron chi connectivity index (χ0n) is 13.8. The highest BCUT2D eigenvalue weighted by Crippen LogP contribution is 2.19. The van der Waals surface area contributed by atoms with Crippen LogP contribution in [0.2, 0.25) is 0 Å². The van der Waals surface area contributed by atoms with Gasteiger partial charge >= 0.3 is 0 Å². The van der Waals surface area contributed by atoms with E-state index in [0.717, 1.165) is 6.07 Å². The second kappa shape index (κ2) is 6.58. The number of halogens is 2. The minimum atomic E-state index is -0.989. The molecule has 2 aromatic rings. The topological polar surface area (TPSA) is 91.6 Å². The van der Waals surface area contributed by atoms with E-state index in [0.29, 0.717) is 19.2 Å². The predicted molar refractivity (Wildman–Crippen MR) is 86.9 cm³/mol. The number of carbonyl (C=O) groups is 2. The highest BCUT2D eigenvalue weighted by molar-refractivity contribution is 5.98. The molecule has 0 aliphatic carbocycles. The first-order chi connectivity index (χ1) is 12.3. The largest absolute Gasteiger partial charge is 0.503 e. The Morgan fingerprint density at radius 3 is 2.69 bits per heavy atom. The number of rotatable bonds is 3. The van der Waals surface area contributed by atoms with E-state index in [2.05, 4.69) is 5.32 Å². The molecule has 9 heteroatoms. The third-order valence-electron chi connectivity index (χ3n) is 4.18. The zero-order valence-corrected chi connectivity index (χ0v) is 13.8. The minimum Gasteiger partial charge on any atom is -0.503 e. The molecule has 1 aromatic carbocycles. The molecule has 0 saturated carbocycles. The highest BCUT2D eigenvalue weighted by atomic mass is 19.1. The van der Waals surface area contributed by atoms with Crippen molar-refractivity contribution in [2.24, 2.45) is 0 Å². The average Bonchev–Trinajstić information content (AvgIpc) is 2.60. The lowest BCUT2D eigenvalue weighted by Gasteiger charge is -2.27. The molecule has 0 radical (unpaired) electrons. The van der Waals surface area contributed by atoms with Crippen LogP contribution >= 0.6 is 0 Å². The maximum atomic E-state index is 13.6. The number of nitrogens with one attached hydrogen (secondary N) is 1. The van der Waals surface area contributed by atoms with Gasteiger partial charge in [-0.3, -0.25) is 14.4 Å². The van der Waals surface area contributed by atoms with Gasteiger partial charge in [-0.2, -0.15) is 0 Å². The minimum absolute atomic E-state index is 0.0406. The molecule has 2 N–H and O–H groups in total. The van der Waals surface area contributed by atoms with Gasteiger partial charge in [0.1, 0.15) is 17.2 Å². The molecule has 0 saturated heterocycles. The van der Waals surface area contributed by atoms with Crippen LogP contribution in [0.5, 0.6) is 5.75 Å². The fourth-order valence-corrected chi connectivity index (χ4v) is 2.69. The lowest BCUT2D eigenvalue weighted by Crippen LogP contribution is -2.40. The molecule has 0 atom stereocenters. The number of aromatic hydroxyl groups is 1. The highest BCUT2D eigenvalue weighted by Gasteiger charge is 2.28. The number of nitrogens with zero attached hydrogens (tertiary/aromatic N) is 2. The Hall–Kier alpha value is -3.23. The van der Waals surface area contributed by atoms with Crippen molar-refractivity contribution < 1.29 is 23.5 Å². The molecule has 7 nitrogen and oxygen atoms in total. The average molecular weight is 363 g/mol. The number of pyridine rings is 1. The van der Waals surface area contributed by atoms with Crippen molar-refractivity contribution in [3.63, 3.8) is 0 Å². The van der Waals surface area contributed by atoms with Gasteiger partial charge in [-0.05, 0) is 6.07 Å². The summed E-state index contributed by atoms with van der Waals surface area (Å²) >= 11 is 0. The molecule has 0 bridgehead atoms. The SMILES string of the molecule is CN1CCn2cc(C(=O)NCc3ccc(F)cc3F)c(=O)c(O)c2C1=O. The summed E-state index contributed by atoms with van der Waals surface area (Å²) in [5, 5.41) is 12.4. The third-order valence-corrected chi connectivity index (χ3v) is 4.18. The molecular formula is C17H15F2N3O4. The van der Waals surface area contributed by atoms with Crippen molar-refractivity contribution in [1.82, 2.24) is 14.8 Å². The van der Waals surface area contributed by atoms with Crippen molar-refractivity contribution in [1.29, 1.82) is 0 Å². The van der Waals surface area contributed by atoms with Crippen LogP contribution in [0.15, 0.2) is 29.2 Å². The lowest BCUT2D eigenvalue weighted by atomic mass is 10.1.